The molecule has 1 atom stereocenters. The Hall–Kier alpha value is -3.68. The lowest BCUT2D eigenvalue weighted by atomic mass is 9.93. The zero-order valence-corrected chi connectivity index (χ0v) is 22.9. The molecule has 1 aliphatic heterocycles. The number of ketones is 1. The van der Waals surface area contributed by atoms with Crippen LogP contribution in [0.25, 0.3) is 11.1 Å². The average Bonchev–Trinajstić information content (AvgIpc) is 2.78. The molecule has 0 bridgehead atoms. The minimum atomic E-state index is -0.679. The van der Waals surface area contributed by atoms with Crippen LogP contribution in [0.3, 0.4) is 0 Å². The molecule has 1 amide bonds. The van der Waals surface area contributed by atoms with Crippen molar-refractivity contribution >= 4 is 17.8 Å². The van der Waals surface area contributed by atoms with Gasteiger partial charge < -0.3 is 14.2 Å². The monoisotopic (exact) mass is 525 g/mol. The van der Waals surface area contributed by atoms with Crippen LogP contribution in [0.5, 0.6) is 5.75 Å². The zero-order valence-electron chi connectivity index (χ0n) is 22.9. The normalized spacial score (nSPS) is 16.4. The third-order valence-corrected chi connectivity index (χ3v) is 5.62. The van der Waals surface area contributed by atoms with E-state index in [0.29, 0.717) is 24.9 Å². The summed E-state index contributed by atoms with van der Waals surface area (Å²) in [4.78, 5) is 39.1. The number of esters is 1. The molecule has 7 nitrogen and oxygen atoms in total. The van der Waals surface area contributed by atoms with Crippen LogP contribution in [0.1, 0.15) is 59.9 Å². The van der Waals surface area contributed by atoms with Crippen LogP contribution in [0.15, 0.2) is 54.8 Å². The van der Waals surface area contributed by atoms with E-state index >= 15 is 4.39 Å². The summed E-state index contributed by atoms with van der Waals surface area (Å²) in [5, 5.41) is 0. The predicted molar refractivity (Wildman–Crippen MR) is 142 cm³/mol. The summed E-state index contributed by atoms with van der Waals surface area (Å²) >= 11 is 0. The first-order valence-electron chi connectivity index (χ1n) is 12.7. The van der Waals surface area contributed by atoms with Crippen molar-refractivity contribution in [3.05, 3.63) is 66.2 Å². The standard InChI is InChI=1S/C30H36FNO6/c1-29(2,3)37-26(34)15-17-36-25-14-8-12-22(31)27(25)21-11-7-10-20(18-21)19-23-24(33)13-9-16-32(23)28(35)38-30(4,5)6/h7-8,10-12,14-15,17-18,23H,9,13,16,19H2,1-6H3/b17-15+. The number of likely N-dealkylation sites (tertiary alicyclic amines) is 1. The molecule has 1 fully saturated rings. The van der Waals surface area contributed by atoms with Crippen LogP contribution in [-0.4, -0.2) is 46.5 Å². The van der Waals surface area contributed by atoms with Crippen molar-refractivity contribution in [2.75, 3.05) is 6.54 Å². The number of amides is 1. The summed E-state index contributed by atoms with van der Waals surface area (Å²) in [5.74, 6) is -0.903. The Morgan fingerprint density at radius 1 is 1.03 bits per heavy atom. The van der Waals surface area contributed by atoms with Gasteiger partial charge in [-0.15, -0.1) is 0 Å². The van der Waals surface area contributed by atoms with Crippen molar-refractivity contribution in [1.82, 2.24) is 4.90 Å². The quantitative estimate of drug-likeness (QED) is 0.252. The fourth-order valence-corrected chi connectivity index (χ4v) is 4.14. The molecule has 38 heavy (non-hydrogen) atoms. The van der Waals surface area contributed by atoms with E-state index in [0.717, 1.165) is 17.9 Å². The first-order valence-corrected chi connectivity index (χ1v) is 12.7. The Labute approximate surface area is 223 Å². The van der Waals surface area contributed by atoms with Gasteiger partial charge in [-0.05, 0) is 71.2 Å². The Morgan fingerprint density at radius 2 is 1.71 bits per heavy atom. The van der Waals surface area contributed by atoms with Crippen LogP contribution in [-0.2, 0) is 25.5 Å². The van der Waals surface area contributed by atoms with Crippen molar-refractivity contribution < 1.29 is 33.0 Å². The van der Waals surface area contributed by atoms with Gasteiger partial charge in [-0.2, -0.15) is 0 Å². The summed E-state index contributed by atoms with van der Waals surface area (Å²) in [6, 6.07) is 10.9. The number of carbonyl (C=O) groups is 3. The highest BCUT2D eigenvalue weighted by Gasteiger charge is 2.35. The number of nitrogens with zero attached hydrogens (tertiary/aromatic N) is 1. The second-order valence-electron chi connectivity index (χ2n) is 11.2. The van der Waals surface area contributed by atoms with Crippen molar-refractivity contribution in [2.45, 2.75) is 78.0 Å². The number of Topliss-reactive ketones (excluding diaryl/α,β-unsaturated/α-hetero) is 1. The van der Waals surface area contributed by atoms with E-state index in [1.54, 1.807) is 65.8 Å². The second kappa shape index (κ2) is 11.8. The van der Waals surface area contributed by atoms with Gasteiger partial charge in [-0.25, -0.2) is 14.0 Å². The van der Waals surface area contributed by atoms with Gasteiger partial charge in [0.05, 0.1) is 23.9 Å². The predicted octanol–water partition coefficient (Wildman–Crippen LogP) is 6.24. The van der Waals surface area contributed by atoms with Gasteiger partial charge in [-0.3, -0.25) is 9.69 Å². The molecule has 1 unspecified atom stereocenters. The minimum Gasteiger partial charge on any atom is -0.464 e. The molecule has 0 aromatic heterocycles. The summed E-state index contributed by atoms with van der Waals surface area (Å²) in [5.41, 5.74) is 0.177. The summed E-state index contributed by atoms with van der Waals surface area (Å²) in [6.45, 7) is 11.0. The van der Waals surface area contributed by atoms with Gasteiger partial charge in [0.1, 0.15) is 22.8 Å². The molecular weight excluding hydrogens is 489 g/mol. The Morgan fingerprint density at radius 3 is 2.39 bits per heavy atom. The Kier molecular flexibility index (Phi) is 8.97. The van der Waals surface area contributed by atoms with E-state index in [1.807, 2.05) is 6.07 Å². The Balaban J connectivity index is 1.84. The average molecular weight is 526 g/mol. The summed E-state index contributed by atoms with van der Waals surface area (Å²) < 4.78 is 31.4. The van der Waals surface area contributed by atoms with Crippen molar-refractivity contribution in [3.63, 3.8) is 0 Å². The van der Waals surface area contributed by atoms with Crippen LogP contribution < -0.4 is 4.74 Å². The van der Waals surface area contributed by atoms with Gasteiger partial charge in [0.25, 0.3) is 0 Å². The van der Waals surface area contributed by atoms with E-state index in [2.05, 4.69) is 0 Å². The van der Waals surface area contributed by atoms with Gasteiger partial charge in [0.15, 0.2) is 5.78 Å². The zero-order chi connectivity index (χ0) is 28.1. The lowest BCUT2D eigenvalue weighted by Gasteiger charge is -2.36. The van der Waals surface area contributed by atoms with E-state index in [1.165, 1.54) is 17.0 Å². The van der Waals surface area contributed by atoms with E-state index in [-0.39, 0.29) is 23.5 Å². The third-order valence-electron chi connectivity index (χ3n) is 5.62. The molecule has 2 aromatic carbocycles. The smallest absolute Gasteiger partial charge is 0.410 e. The van der Waals surface area contributed by atoms with Crippen LogP contribution >= 0.6 is 0 Å². The van der Waals surface area contributed by atoms with Crippen LogP contribution in [0.4, 0.5) is 9.18 Å². The third kappa shape index (κ3) is 8.16. The van der Waals surface area contributed by atoms with Crippen molar-refractivity contribution in [1.29, 1.82) is 0 Å². The number of halogens is 1. The number of benzene rings is 2. The van der Waals surface area contributed by atoms with E-state index < -0.39 is 35.1 Å². The molecule has 204 valence electrons. The SMILES string of the molecule is CC(C)(C)OC(=O)/C=C/Oc1cccc(F)c1-c1cccc(CC2C(=O)CCCN2C(=O)OC(C)(C)C)c1. The lowest BCUT2D eigenvalue weighted by molar-refractivity contribution is -0.148. The first-order chi connectivity index (χ1) is 17.7. The number of carbonyl (C=O) groups excluding carboxylic acids is 3. The molecule has 1 saturated heterocycles. The topological polar surface area (TPSA) is 82.1 Å². The molecule has 1 heterocycles. The highest BCUT2D eigenvalue weighted by atomic mass is 19.1. The molecule has 0 N–H and O–H groups in total. The number of piperidine rings is 1. The van der Waals surface area contributed by atoms with Gasteiger partial charge in [0, 0.05) is 19.4 Å². The van der Waals surface area contributed by atoms with Crippen LogP contribution in [0.2, 0.25) is 0 Å². The van der Waals surface area contributed by atoms with Gasteiger partial charge in [0.2, 0.25) is 0 Å². The maximum atomic E-state index is 15.0. The van der Waals surface area contributed by atoms with Crippen molar-refractivity contribution in [3.8, 4) is 16.9 Å². The molecule has 0 saturated carbocycles. The molecule has 8 heteroatoms. The molecular formula is C30H36FNO6. The maximum Gasteiger partial charge on any atom is 0.410 e. The number of ether oxygens (including phenoxy) is 3. The number of hydrogen-bond acceptors (Lipinski definition) is 6. The van der Waals surface area contributed by atoms with Gasteiger partial charge in [-0.1, -0.05) is 30.3 Å². The molecule has 2 aromatic rings. The first kappa shape index (κ1) is 28.9. The molecule has 1 aliphatic rings. The molecule has 0 aliphatic carbocycles. The molecule has 3 rings (SSSR count). The van der Waals surface area contributed by atoms with Gasteiger partial charge >= 0.3 is 12.1 Å². The Bertz CT molecular complexity index is 1210. The molecule has 0 spiro atoms. The maximum absolute atomic E-state index is 15.0. The fraction of sp³-hybridized carbons (Fsp3) is 0.433. The van der Waals surface area contributed by atoms with E-state index in [4.69, 9.17) is 14.2 Å². The highest BCUT2D eigenvalue weighted by molar-refractivity contribution is 5.89. The number of hydrogen-bond donors (Lipinski definition) is 0. The summed E-state index contributed by atoms with van der Waals surface area (Å²) in [6.07, 6.45) is 3.02. The second-order valence-corrected chi connectivity index (χ2v) is 11.2. The number of rotatable bonds is 6. The molecule has 0 radical (unpaired) electrons. The lowest BCUT2D eigenvalue weighted by Crippen LogP contribution is -2.51. The van der Waals surface area contributed by atoms with E-state index in [9.17, 15) is 14.4 Å². The highest BCUT2D eigenvalue weighted by Crippen LogP contribution is 2.34. The van der Waals surface area contributed by atoms with Crippen LogP contribution in [0, 0.1) is 5.82 Å². The summed E-state index contributed by atoms with van der Waals surface area (Å²) in [7, 11) is 0. The largest absolute Gasteiger partial charge is 0.464 e. The van der Waals surface area contributed by atoms with Crippen molar-refractivity contribution in [2.24, 2.45) is 0 Å². The minimum absolute atomic E-state index is 0.0327. The fourth-order valence-electron chi connectivity index (χ4n) is 4.14.